The van der Waals surface area contributed by atoms with Gasteiger partial charge in [0.05, 0.1) is 24.8 Å². The monoisotopic (exact) mass is 374 g/mol. The number of carbonyl (C=O) groups excluding carboxylic acids is 2. The molecule has 1 aromatic rings. The van der Waals surface area contributed by atoms with Crippen LogP contribution < -0.4 is 10.6 Å². The number of anilines is 1. The van der Waals surface area contributed by atoms with E-state index in [0.29, 0.717) is 0 Å². The molecule has 4 atom stereocenters. The summed E-state index contributed by atoms with van der Waals surface area (Å²) >= 11 is 0. The molecule has 7 nitrogen and oxygen atoms in total. The maximum Gasteiger partial charge on any atom is 0.416 e. The van der Waals surface area contributed by atoms with Crippen molar-refractivity contribution in [1.29, 1.82) is 0 Å². The van der Waals surface area contributed by atoms with Gasteiger partial charge in [-0.05, 0) is 18.2 Å². The Kier molecular flexibility index (Phi) is 5.05. The number of carbonyl (C=O) groups is 2. The normalized spacial score (nSPS) is 27.7. The van der Waals surface area contributed by atoms with Crippen LogP contribution in [-0.2, 0) is 25.2 Å². The van der Waals surface area contributed by atoms with Crippen LogP contribution >= 0.6 is 0 Å². The third-order valence-corrected chi connectivity index (χ3v) is 4.09. The minimum Gasteiger partial charge on any atom is -0.441 e. The van der Waals surface area contributed by atoms with Crippen LogP contribution in [0.3, 0.4) is 0 Å². The molecule has 3 rings (SSSR count). The second-order valence-electron chi connectivity index (χ2n) is 6.05. The summed E-state index contributed by atoms with van der Waals surface area (Å²) in [5, 5.41) is 4.96. The molecule has 2 aliphatic rings. The van der Waals surface area contributed by atoms with Crippen LogP contribution in [0.4, 0.5) is 23.7 Å². The van der Waals surface area contributed by atoms with Gasteiger partial charge in [-0.2, -0.15) is 13.2 Å². The second kappa shape index (κ2) is 7.12. The van der Waals surface area contributed by atoms with E-state index < -0.39 is 36.1 Å². The number of benzene rings is 1. The molecule has 142 valence electrons. The molecule has 2 saturated heterocycles. The van der Waals surface area contributed by atoms with Crippen LogP contribution in [0.5, 0.6) is 0 Å². The Balaban J connectivity index is 1.57. The number of fused-ring (bicyclic) bond motifs is 1. The van der Waals surface area contributed by atoms with Crippen LogP contribution in [0.1, 0.15) is 12.5 Å². The number of halogens is 3. The Morgan fingerprint density at radius 1 is 1.19 bits per heavy atom. The van der Waals surface area contributed by atoms with Crippen LogP contribution in [0.15, 0.2) is 24.3 Å². The maximum absolute atomic E-state index is 12.7. The molecule has 0 radical (unpaired) electrons. The van der Waals surface area contributed by atoms with Crippen molar-refractivity contribution >= 4 is 17.7 Å². The molecule has 0 bridgehead atoms. The minimum atomic E-state index is -4.51. The fraction of sp³-hybridized carbons (Fsp3) is 0.500. The zero-order valence-electron chi connectivity index (χ0n) is 13.7. The highest BCUT2D eigenvalue weighted by Crippen LogP contribution is 2.31. The van der Waals surface area contributed by atoms with E-state index >= 15 is 0 Å². The van der Waals surface area contributed by atoms with Crippen molar-refractivity contribution < 1.29 is 37.0 Å². The lowest BCUT2D eigenvalue weighted by atomic mass is 10.1. The molecule has 2 aliphatic heterocycles. The van der Waals surface area contributed by atoms with Crippen molar-refractivity contribution in [2.75, 3.05) is 18.5 Å². The van der Waals surface area contributed by atoms with E-state index in [2.05, 4.69) is 10.6 Å². The van der Waals surface area contributed by atoms with Gasteiger partial charge in [-0.1, -0.05) is 6.07 Å². The lowest BCUT2D eigenvalue weighted by Crippen LogP contribution is -2.43. The van der Waals surface area contributed by atoms with Gasteiger partial charge in [0.25, 0.3) is 0 Å². The van der Waals surface area contributed by atoms with Gasteiger partial charge < -0.3 is 19.5 Å². The van der Waals surface area contributed by atoms with Crippen molar-refractivity contribution in [2.45, 2.75) is 37.5 Å². The van der Waals surface area contributed by atoms with Crippen LogP contribution in [0, 0.1) is 0 Å². The van der Waals surface area contributed by atoms with Crippen molar-refractivity contribution in [3.63, 3.8) is 0 Å². The summed E-state index contributed by atoms with van der Waals surface area (Å²) in [6, 6.07) is 3.89. The average Bonchev–Trinajstić information content (AvgIpc) is 3.10. The number of hydrogen-bond acceptors (Lipinski definition) is 5. The number of ether oxygens (including phenoxy) is 3. The summed E-state index contributed by atoms with van der Waals surface area (Å²) in [6.45, 7) is 1.67. The Morgan fingerprint density at radius 3 is 2.62 bits per heavy atom. The van der Waals surface area contributed by atoms with E-state index in [4.69, 9.17) is 14.2 Å². The first-order valence-corrected chi connectivity index (χ1v) is 7.89. The smallest absolute Gasteiger partial charge is 0.416 e. The zero-order chi connectivity index (χ0) is 18.9. The van der Waals surface area contributed by atoms with Gasteiger partial charge in [0.15, 0.2) is 6.10 Å². The molecule has 0 aliphatic carbocycles. The third kappa shape index (κ3) is 4.07. The molecule has 2 heterocycles. The quantitative estimate of drug-likeness (QED) is 0.844. The fourth-order valence-corrected chi connectivity index (χ4v) is 3.01. The van der Waals surface area contributed by atoms with Crippen molar-refractivity contribution in [3.05, 3.63) is 29.8 Å². The number of nitrogens with one attached hydrogen (secondary N) is 2. The summed E-state index contributed by atoms with van der Waals surface area (Å²) in [5.74, 6) is -0.227. The largest absolute Gasteiger partial charge is 0.441 e. The molecular weight excluding hydrogens is 357 g/mol. The second-order valence-corrected chi connectivity index (χ2v) is 6.05. The summed E-state index contributed by atoms with van der Waals surface area (Å²) in [7, 11) is 0. The van der Waals surface area contributed by atoms with E-state index in [1.54, 1.807) is 0 Å². The predicted molar refractivity (Wildman–Crippen MR) is 82.4 cm³/mol. The minimum absolute atomic E-state index is 0.0382. The molecule has 0 aromatic heterocycles. The zero-order valence-corrected chi connectivity index (χ0v) is 13.7. The number of rotatable bonds is 3. The molecule has 2 amide bonds. The Labute approximate surface area is 146 Å². The Hall–Kier alpha value is -2.33. The van der Waals surface area contributed by atoms with E-state index in [0.717, 1.165) is 12.1 Å². The topological polar surface area (TPSA) is 85.9 Å². The first-order valence-electron chi connectivity index (χ1n) is 7.89. The van der Waals surface area contributed by atoms with Gasteiger partial charge in [-0.15, -0.1) is 0 Å². The molecule has 26 heavy (non-hydrogen) atoms. The van der Waals surface area contributed by atoms with Crippen LogP contribution in [-0.4, -0.2) is 49.6 Å². The molecule has 4 unspecified atom stereocenters. The van der Waals surface area contributed by atoms with E-state index in [-0.39, 0.29) is 30.9 Å². The highest BCUT2D eigenvalue weighted by atomic mass is 19.4. The lowest BCUT2D eigenvalue weighted by molar-refractivity contribution is -0.137. The van der Waals surface area contributed by atoms with E-state index in [9.17, 15) is 22.8 Å². The molecule has 2 N–H and O–H groups in total. The van der Waals surface area contributed by atoms with Gasteiger partial charge in [-0.25, -0.2) is 4.79 Å². The van der Waals surface area contributed by atoms with Gasteiger partial charge in [0.2, 0.25) is 5.91 Å². The summed E-state index contributed by atoms with van der Waals surface area (Å²) in [5.41, 5.74) is -0.916. The van der Waals surface area contributed by atoms with Gasteiger partial charge >= 0.3 is 12.3 Å². The van der Waals surface area contributed by atoms with Gasteiger partial charge in [0.1, 0.15) is 12.2 Å². The molecular formula is C16H17F3N2O5. The standard InChI is InChI=1S/C16H17F3N2O5/c1-8(22)20-11-6-24-14-12(7-25-13(11)14)26-15(23)21-10-4-2-3-9(5-10)16(17,18)19/h2-5,11-14H,6-7H2,1H3,(H,20,22)(H,21,23). The first kappa shape index (κ1) is 18.5. The molecule has 10 heteroatoms. The number of hydrogen-bond donors (Lipinski definition) is 2. The average molecular weight is 374 g/mol. The molecule has 0 saturated carbocycles. The summed E-state index contributed by atoms with van der Waals surface area (Å²) < 4.78 is 54.4. The lowest BCUT2D eigenvalue weighted by Gasteiger charge is -2.17. The Bertz CT molecular complexity index is 697. The maximum atomic E-state index is 12.7. The van der Waals surface area contributed by atoms with Crippen LogP contribution in [0.2, 0.25) is 0 Å². The van der Waals surface area contributed by atoms with Crippen molar-refractivity contribution in [1.82, 2.24) is 5.32 Å². The van der Waals surface area contributed by atoms with Crippen molar-refractivity contribution in [3.8, 4) is 0 Å². The van der Waals surface area contributed by atoms with E-state index in [1.807, 2.05) is 0 Å². The third-order valence-electron chi connectivity index (χ3n) is 4.09. The number of alkyl halides is 3. The van der Waals surface area contributed by atoms with Gasteiger partial charge in [0, 0.05) is 12.6 Å². The molecule has 0 spiro atoms. The molecule has 1 aromatic carbocycles. The van der Waals surface area contributed by atoms with Crippen molar-refractivity contribution in [2.24, 2.45) is 0 Å². The van der Waals surface area contributed by atoms with Gasteiger partial charge in [-0.3, -0.25) is 10.1 Å². The highest BCUT2D eigenvalue weighted by molar-refractivity contribution is 5.84. The predicted octanol–water partition coefficient (Wildman–Crippen LogP) is 1.92. The van der Waals surface area contributed by atoms with Crippen LogP contribution in [0.25, 0.3) is 0 Å². The number of amides is 2. The summed E-state index contributed by atoms with van der Waals surface area (Å²) in [6.07, 6.45) is -7.12. The fourth-order valence-electron chi connectivity index (χ4n) is 3.01. The first-order chi connectivity index (χ1) is 12.2. The SMILES string of the molecule is CC(=O)NC1COC2C(OC(=O)Nc3cccc(C(F)(F)F)c3)COC12. The Morgan fingerprint density at radius 2 is 1.92 bits per heavy atom. The highest BCUT2D eigenvalue weighted by Gasteiger charge is 2.49. The van der Waals surface area contributed by atoms with E-state index in [1.165, 1.54) is 19.1 Å². The molecule has 2 fully saturated rings. The summed E-state index contributed by atoms with van der Waals surface area (Å²) in [4.78, 5) is 23.1.